The summed E-state index contributed by atoms with van der Waals surface area (Å²) < 4.78 is 0. The van der Waals surface area contributed by atoms with E-state index < -0.39 is 48.2 Å². The number of benzene rings is 2. The van der Waals surface area contributed by atoms with Gasteiger partial charge in [-0.2, -0.15) is 0 Å². The van der Waals surface area contributed by atoms with Gasteiger partial charge in [0.2, 0.25) is 23.6 Å². The van der Waals surface area contributed by atoms with E-state index in [-0.39, 0.29) is 12.5 Å². The number of carbonyl (C=O) groups is 4. The average molecular weight is 652 g/mol. The molecular formula is C34H53N9O4. The van der Waals surface area contributed by atoms with Crippen LogP contribution in [0.3, 0.4) is 0 Å². The summed E-state index contributed by atoms with van der Waals surface area (Å²) in [6.45, 7) is 4.52. The molecule has 0 spiro atoms. The first-order valence-electron chi connectivity index (χ1n) is 16.7. The van der Waals surface area contributed by atoms with Crippen molar-refractivity contribution in [1.29, 1.82) is 0 Å². The normalized spacial score (nSPS) is 16.0. The third-order valence-corrected chi connectivity index (χ3v) is 8.14. The summed E-state index contributed by atoms with van der Waals surface area (Å²) in [5.74, 6) is -1.71. The van der Waals surface area contributed by atoms with Crippen molar-refractivity contribution in [1.82, 2.24) is 31.5 Å². The van der Waals surface area contributed by atoms with E-state index in [0.29, 0.717) is 51.7 Å². The zero-order valence-corrected chi connectivity index (χ0v) is 27.5. The van der Waals surface area contributed by atoms with Gasteiger partial charge in [-0.1, -0.05) is 80.4 Å². The van der Waals surface area contributed by atoms with Gasteiger partial charge < -0.3 is 43.4 Å². The molecule has 0 unspecified atom stereocenters. The van der Waals surface area contributed by atoms with Crippen LogP contribution < -0.4 is 43.8 Å². The molecule has 2 aromatic carbocycles. The molecule has 1 fully saturated rings. The molecule has 11 N–H and O–H groups in total. The van der Waals surface area contributed by atoms with Gasteiger partial charge in [-0.3, -0.25) is 24.5 Å². The summed E-state index contributed by atoms with van der Waals surface area (Å²) in [6.07, 6.45) is 2.82. The number of aryl methyl sites for hydroxylation is 1. The molecule has 0 bridgehead atoms. The lowest BCUT2D eigenvalue weighted by molar-refractivity contribution is -0.137. The van der Waals surface area contributed by atoms with Crippen LogP contribution in [0.4, 0.5) is 0 Å². The lowest BCUT2D eigenvalue weighted by atomic mass is 10.0. The molecule has 0 aliphatic carbocycles. The fourth-order valence-electron chi connectivity index (χ4n) is 5.43. The van der Waals surface area contributed by atoms with E-state index in [1.54, 1.807) is 4.90 Å². The lowest BCUT2D eigenvalue weighted by Crippen LogP contribution is -2.61. The highest BCUT2D eigenvalue weighted by atomic mass is 16.2. The highest BCUT2D eigenvalue weighted by Gasteiger charge is 2.32. The van der Waals surface area contributed by atoms with Crippen LogP contribution in [0.15, 0.2) is 60.7 Å². The second-order valence-electron chi connectivity index (χ2n) is 12.0. The first kappa shape index (κ1) is 37.6. The van der Waals surface area contributed by atoms with Crippen LogP contribution in [0.5, 0.6) is 0 Å². The molecule has 0 saturated carbocycles. The zero-order chi connectivity index (χ0) is 34.0. The van der Waals surface area contributed by atoms with Gasteiger partial charge in [0.1, 0.15) is 24.4 Å². The Hall–Kier alpha value is -3.88. The number of hydrogen-bond donors (Lipinski definition) is 8. The van der Waals surface area contributed by atoms with Crippen LogP contribution in [-0.2, 0) is 32.0 Å². The minimum absolute atomic E-state index is 0.0235. The molecule has 2 aromatic rings. The van der Waals surface area contributed by atoms with E-state index in [9.17, 15) is 19.2 Å². The van der Waals surface area contributed by atoms with Gasteiger partial charge in [0, 0.05) is 26.2 Å². The van der Waals surface area contributed by atoms with Crippen LogP contribution in [-0.4, -0.2) is 91.7 Å². The summed E-state index contributed by atoms with van der Waals surface area (Å²) >= 11 is 0. The van der Waals surface area contributed by atoms with Crippen LogP contribution in [0.1, 0.15) is 50.2 Å². The summed E-state index contributed by atoms with van der Waals surface area (Å²) in [7, 11) is 0. The molecule has 13 heteroatoms. The van der Waals surface area contributed by atoms with Gasteiger partial charge >= 0.3 is 0 Å². The van der Waals surface area contributed by atoms with E-state index in [4.69, 9.17) is 17.2 Å². The van der Waals surface area contributed by atoms with E-state index in [1.165, 1.54) is 0 Å². The number of nitrogens with one attached hydrogen (secondary N) is 5. The van der Waals surface area contributed by atoms with Gasteiger partial charge in [0.15, 0.2) is 0 Å². The standard InChI is InChI=1S/C34H53N9O4/c1-2-3-15-27(31(45)42-29(23-39-34(36)37)33(47)43-20-10-18-38-19-21-43)41-32(46)28(17-16-24-11-6-4-7-12-24)40-30(44)26(35)22-25-13-8-5-9-14-25/h4-9,11-14,26-29,34,38-39H,2-3,10,15-23,35-37H2,1H3,(H,40,44)(H,41,46)(H,42,45)/t26-,27-,28-,29-/m1/s1. The maximum absolute atomic E-state index is 13.8. The average Bonchev–Trinajstić information content (AvgIpc) is 3.37. The molecule has 0 radical (unpaired) electrons. The van der Waals surface area contributed by atoms with Crippen molar-refractivity contribution >= 4 is 23.6 Å². The van der Waals surface area contributed by atoms with Crippen LogP contribution in [0.2, 0.25) is 0 Å². The number of carbonyl (C=O) groups excluding carboxylic acids is 4. The Balaban J connectivity index is 1.75. The van der Waals surface area contributed by atoms with E-state index in [0.717, 1.165) is 30.5 Å². The Kier molecular flexibility index (Phi) is 16.3. The van der Waals surface area contributed by atoms with Crippen molar-refractivity contribution < 1.29 is 19.2 Å². The second kappa shape index (κ2) is 20.4. The summed E-state index contributed by atoms with van der Waals surface area (Å²) in [6, 6.07) is 15.4. The first-order valence-corrected chi connectivity index (χ1v) is 16.7. The van der Waals surface area contributed by atoms with Gasteiger partial charge in [0.05, 0.1) is 6.04 Å². The van der Waals surface area contributed by atoms with E-state index in [1.807, 2.05) is 67.6 Å². The van der Waals surface area contributed by atoms with Crippen LogP contribution in [0, 0.1) is 0 Å². The maximum Gasteiger partial charge on any atom is 0.246 e. The molecular weight excluding hydrogens is 598 g/mol. The van der Waals surface area contributed by atoms with Crippen molar-refractivity contribution in [3.63, 3.8) is 0 Å². The van der Waals surface area contributed by atoms with Crippen LogP contribution >= 0.6 is 0 Å². The lowest BCUT2D eigenvalue weighted by Gasteiger charge is -2.29. The van der Waals surface area contributed by atoms with Crippen molar-refractivity contribution in [2.24, 2.45) is 17.2 Å². The second-order valence-corrected chi connectivity index (χ2v) is 12.0. The Bertz CT molecular complexity index is 1240. The minimum Gasteiger partial charge on any atom is -0.343 e. The molecule has 258 valence electrons. The van der Waals surface area contributed by atoms with Gasteiger partial charge in [-0.05, 0) is 49.8 Å². The number of amides is 4. The van der Waals surface area contributed by atoms with Crippen molar-refractivity contribution in [2.45, 2.75) is 82.3 Å². The first-order chi connectivity index (χ1) is 22.7. The Morgan fingerprint density at radius 1 is 0.766 bits per heavy atom. The molecule has 1 heterocycles. The minimum atomic E-state index is -0.944. The molecule has 0 aromatic heterocycles. The summed E-state index contributed by atoms with van der Waals surface area (Å²) in [4.78, 5) is 56.0. The monoisotopic (exact) mass is 651 g/mol. The highest BCUT2D eigenvalue weighted by Crippen LogP contribution is 2.10. The molecule has 3 rings (SSSR count). The Labute approximate surface area is 278 Å². The molecule has 47 heavy (non-hydrogen) atoms. The number of unbranched alkanes of at least 4 members (excludes halogenated alkanes) is 1. The number of rotatable bonds is 18. The Morgan fingerprint density at radius 3 is 2.00 bits per heavy atom. The number of nitrogens with zero attached hydrogens (tertiary/aromatic N) is 1. The van der Waals surface area contributed by atoms with E-state index >= 15 is 0 Å². The Morgan fingerprint density at radius 2 is 1.36 bits per heavy atom. The molecule has 1 aliphatic rings. The highest BCUT2D eigenvalue weighted by molar-refractivity contribution is 5.95. The molecule has 4 atom stereocenters. The number of nitrogens with two attached hydrogens (primary N) is 3. The maximum atomic E-state index is 13.8. The summed E-state index contributed by atoms with van der Waals surface area (Å²) in [5.41, 5.74) is 19.5. The van der Waals surface area contributed by atoms with Crippen LogP contribution in [0.25, 0.3) is 0 Å². The van der Waals surface area contributed by atoms with Gasteiger partial charge in [-0.25, -0.2) is 0 Å². The third kappa shape index (κ3) is 13.4. The molecule has 1 saturated heterocycles. The SMILES string of the molecule is CCCC[C@@H](NC(=O)[C@@H](CCc1ccccc1)NC(=O)[C@H](N)Cc1ccccc1)C(=O)N[C@H](CNC(N)N)C(=O)N1CCCNCC1. The molecule has 1 aliphatic heterocycles. The van der Waals surface area contributed by atoms with Crippen molar-refractivity contribution in [2.75, 3.05) is 32.7 Å². The van der Waals surface area contributed by atoms with Gasteiger partial charge in [-0.15, -0.1) is 0 Å². The molecule has 13 nitrogen and oxygen atoms in total. The predicted octanol–water partition coefficient (Wildman–Crippen LogP) is -0.554. The zero-order valence-electron chi connectivity index (χ0n) is 27.5. The largest absolute Gasteiger partial charge is 0.343 e. The number of hydrogen-bond acceptors (Lipinski definition) is 9. The third-order valence-electron chi connectivity index (χ3n) is 8.14. The van der Waals surface area contributed by atoms with Crippen molar-refractivity contribution in [3.05, 3.63) is 71.8 Å². The fourth-order valence-corrected chi connectivity index (χ4v) is 5.43. The predicted molar refractivity (Wildman–Crippen MR) is 182 cm³/mol. The van der Waals surface area contributed by atoms with Crippen molar-refractivity contribution in [3.8, 4) is 0 Å². The molecule has 4 amide bonds. The topological polar surface area (TPSA) is 210 Å². The van der Waals surface area contributed by atoms with Gasteiger partial charge in [0.25, 0.3) is 0 Å². The quantitative estimate of drug-likeness (QED) is 0.0971. The van der Waals surface area contributed by atoms with E-state index in [2.05, 4.69) is 26.6 Å². The summed E-state index contributed by atoms with van der Waals surface area (Å²) in [5, 5.41) is 14.7. The smallest absolute Gasteiger partial charge is 0.246 e. The fraction of sp³-hybridized carbons (Fsp3) is 0.529.